The molecule has 1 aromatic carbocycles. The molecule has 0 spiro atoms. The van der Waals surface area contributed by atoms with Gasteiger partial charge in [-0.3, -0.25) is 4.79 Å². The summed E-state index contributed by atoms with van der Waals surface area (Å²) >= 11 is 16.2. The molecule has 3 N–H and O–H groups in total. The third-order valence-corrected chi connectivity index (χ3v) is 2.52. The third-order valence-electron chi connectivity index (χ3n) is 1.56. The fourth-order valence-corrected chi connectivity index (χ4v) is 1.43. The monoisotopic (exact) mass is 262 g/mol. The minimum atomic E-state index is -0.313. The van der Waals surface area contributed by atoms with Crippen LogP contribution in [0.25, 0.3) is 0 Å². The molecule has 0 fully saturated rings. The van der Waals surface area contributed by atoms with Crippen LogP contribution in [0.1, 0.15) is 6.42 Å². The second-order valence-corrected chi connectivity index (χ2v) is 4.10. The number of rotatable bonds is 3. The molecule has 0 bridgehead atoms. The third kappa shape index (κ3) is 3.66. The van der Waals surface area contributed by atoms with Crippen molar-refractivity contribution in [1.82, 2.24) is 0 Å². The van der Waals surface area contributed by atoms with Crippen molar-refractivity contribution in [2.45, 2.75) is 6.42 Å². The van der Waals surface area contributed by atoms with E-state index in [1.165, 1.54) is 0 Å². The van der Waals surface area contributed by atoms with Crippen LogP contribution < -0.4 is 11.1 Å². The number of hydrogen-bond acceptors (Lipinski definition) is 2. The van der Waals surface area contributed by atoms with Crippen molar-refractivity contribution >= 4 is 52.0 Å². The molecule has 15 heavy (non-hydrogen) atoms. The molecule has 0 aliphatic heterocycles. The lowest BCUT2D eigenvalue weighted by Crippen LogP contribution is -2.20. The Morgan fingerprint density at radius 2 is 2.13 bits per heavy atom. The molecule has 1 amide bonds. The zero-order valence-electron chi connectivity index (χ0n) is 7.59. The Kier molecular flexibility index (Phi) is 4.32. The SMILES string of the molecule is NC(=S)CC(=O)Nc1cccc(Cl)c1Cl. The summed E-state index contributed by atoms with van der Waals surface area (Å²) in [6.45, 7) is 0. The maximum Gasteiger partial charge on any atom is 0.231 e. The number of anilines is 1. The van der Waals surface area contributed by atoms with Gasteiger partial charge in [-0.05, 0) is 12.1 Å². The summed E-state index contributed by atoms with van der Waals surface area (Å²) in [5.74, 6) is -0.313. The summed E-state index contributed by atoms with van der Waals surface area (Å²) in [5.41, 5.74) is 5.68. The number of amides is 1. The first-order valence-electron chi connectivity index (χ1n) is 4.03. The number of nitrogens with one attached hydrogen (secondary N) is 1. The molecule has 0 saturated heterocycles. The summed E-state index contributed by atoms with van der Waals surface area (Å²) in [4.78, 5) is 11.4. The van der Waals surface area contributed by atoms with Crippen LogP contribution in [0.4, 0.5) is 5.69 Å². The summed E-state index contributed by atoms with van der Waals surface area (Å²) in [6.07, 6.45) is -0.0157. The van der Waals surface area contributed by atoms with Gasteiger partial charge in [-0.15, -0.1) is 0 Å². The second-order valence-electron chi connectivity index (χ2n) is 2.79. The molecule has 1 aromatic rings. The van der Waals surface area contributed by atoms with Gasteiger partial charge < -0.3 is 11.1 Å². The second kappa shape index (κ2) is 5.30. The van der Waals surface area contributed by atoms with Crippen LogP contribution in [0.15, 0.2) is 18.2 Å². The van der Waals surface area contributed by atoms with Crippen LogP contribution in [-0.2, 0) is 4.79 Å². The van der Waals surface area contributed by atoms with E-state index in [1.807, 2.05) is 0 Å². The van der Waals surface area contributed by atoms with Crippen LogP contribution >= 0.6 is 35.4 Å². The predicted molar refractivity (Wildman–Crippen MR) is 66.5 cm³/mol. The highest BCUT2D eigenvalue weighted by Gasteiger charge is 2.08. The standard InChI is InChI=1S/C9H8Cl2N2OS/c10-5-2-1-3-6(9(5)11)13-8(14)4-7(12)15/h1-3H,4H2,(H2,12,15)(H,13,14). The Balaban J connectivity index is 2.77. The summed E-state index contributed by atoms with van der Waals surface area (Å²) < 4.78 is 0. The fraction of sp³-hybridized carbons (Fsp3) is 0.111. The van der Waals surface area contributed by atoms with E-state index in [0.29, 0.717) is 15.7 Å². The number of halogens is 2. The molecule has 0 aromatic heterocycles. The lowest BCUT2D eigenvalue weighted by atomic mass is 10.3. The number of benzene rings is 1. The molecule has 0 aliphatic rings. The number of hydrogen-bond donors (Lipinski definition) is 2. The van der Waals surface area contributed by atoms with Gasteiger partial charge in [0.25, 0.3) is 0 Å². The van der Waals surface area contributed by atoms with Crippen molar-refractivity contribution in [3.05, 3.63) is 28.2 Å². The first-order chi connectivity index (χ1) is 7.00. The molecule has 0 heterocycles. The average Bonchev–Trinajstić information content (AvgIpc) is 2.11. The Hall–Kier alpha value is -0.840. The normalized spacial score (nSPS) is 9.73. The van der Waals surface area contributed by atoms with Crippen molar-refractivity contribution in [3.8, 4) is 0 Å². The fourth-order valence-electron chi connectivity index (χ4n) is 0.953. The van der Waals surface area contributed by atoms with Gasteiger partial charge in [0.05, 0.1) is 27.1 Å². The Morgan fingerprint density at radius 1 is 1.47 bits per heavy atom. The van der Waals surface area contributed by atoms with Gasteiger partial charge in [0.1, 0.15) is 0 Å². The van der Waals surface area contributed by atoms with E-state index in [4.69, 9.17) is 28.9 Å². The molecular weight excluding hydrogens is 255 g/mol. The summed E-state index contributed by atoms with van der Waals surface area (Å²) in [6, 6.07) is 4.96. The van der Waals surface area contributed by atoms with Crippen molar-refractivity contribution < 1.29 is 4.79 Å². The van der Waals surface area contributed by atoms with Crippen LogP contribution in [0.2, 0.25) is 10.0 Å². The van der Waals surface area contributed by atoms with Gasteiger partial charge in [0.15, 0.2) is 0 Å². The van der Waals surface area contributed by atoms with Gasteiger partial charge in [-0.2, -0.15) is 0 Å². The van der Waals surface area contributed by atoms with Crippen LogP contribution in [0.3, 0.4) is 0 Å². The van der Waals surface area contributed by atoms with E-state index in [2.05, 4.69) is 17.5 Å². The minimum absolute atomic E-state index is 0.0157. The van der Waals surface area contributed by atoms with Gasteiger partial charge in [-0.1, -0.05) is 41.5 Å². The van der Waals surface area contributed by atoms with E-state index >= 15 is 0 Å². The molecule has 0 saturated carbocycles. The van der Waals surface area contributed by atoms with Crippen LogP contribution in [0, 0.1) is 0 Å². The van der Waals surface area contributed by atoms with Crippen LogP contribution in [0.5, 0.6) is 0 Å². The maximum absolute atomic E-state index is 11.3. The quantitative estimate of drug-likeness (QED) is 0.824. The van der Waals surface area contributed by atoms with Crippen molar-refractivity contribution in [2.24, 2.45) is 5.73 Å². The van der Waals surface area contributed by atoms with E-state index < -0.39 is 0 Å². The van der Waals surface area contributed by atoms with Crippen molar-refractivity contribution in [3.63, 3.8) is 0 Å². The molecular formula is C9H8Cl2N2OS. The Bertz CT molecular complexity index is 409. The topological polar surface area (TPSA) is 55.1 Å². The van der Waals surface area contributed by atoms with Gasteiger partial charge >= 0.3 is 0 Å². The number of carbonyl (C=O) groups excluding carboxylic acids is 1. The minimum Gasteiger partial charge on any atom is -0.393 e. The van der Waals surface area contributed by atoms with Crippen LogP contribution in [-0.4, -0.2) is 10.9 Å². The summed E-state index contributed by atoms with van der Waals surface area (Å²) in [7, 11) is 0. The molecule has 3 nitrogen and oxygen atoms in total. The first-order valence-corrected chi connectivity index (χ1v) is 5.19. The molecule has 6 heteroatoms. The van der Waals surface area contributed by atoms with E-state index in [-0.39, 0.29) is 17.3 Å². The molecule has 0 atom stereocenters. The van der Waals surface area contributed by atoms with Gasteiger partial charge in [-0.25, -0.2) is 0 Å². The molecule has 0 unspecified atom stereocenters. The van der Waals surface area contributed by atoms with E-state index in [0.717, 1.165) is 0 Å². The zero-order chi connectivity index (χ0) is 11.4. The first kappa shape index (κ1) is 12.2. The highest BCUT2D eigenvalue weighted by atomic mass is 35.5. The average molecular weight is 263 g/mol. The smallest absolute Gasteiger partial charge is 0.231 e. The van der Waals surface area contributed by atoms with E-state index in [9.17, 15) is 4.79 Å². The number of nitrogens with two attached hydrogens (primary N) is 1. The number of thiocarbonyl (C=S) groups is 1. The van der Waals surface area contributed by atoms with E-state index in [1.54, 1.807) is 18.2 Å². The molecule has 0 radical (unpaired) electrons. The highest BCUT2D eigenvalue weighted by Crippen LogP contribution is 2.29. The van der Waals surface area contributed by atoms with Gasteiger partial charge in [0, 0.05) is 0 Å². The largest absolute Gasteiger partial charge is 0.393 e. The Morgan fingerprint density at radius 3 is 2.73 bits per heavy atom. The highest BCUT2D eigenvalue weighted by molar-refractivity contribution is 7.80. The predicted octanol–water partition coefficient (Wildman–Crippen LogP) is 2.61. The lowest BCUT2D eigenvalue weighted by molar-refractivity contribution is -0.115. The lowest BCUT2D eigenvalue weighted by Gasteiger charge is -2.07. The van der Waals surface area contributed by atoms with Crippen molar-refractivity contribution in [2.75, 3.05) is 5.32 Å². The maximum atomic E-state index is 11.3. The molecule has 80 valence electrons. The number of carbonyl (C=O) groups is 1. The summed E-state index contributed by atoms with van der Waals surface area (Å²) in [5, 5.41) is 3.24. The van der Waals surface area contributed by atoms with Crippen molar-refractivity contribution in [1.29, 1.82) is 0 Å². The molecule has 1 rings (SSSR count). The van der Waals surface area contributed by atoms with Gasteiger partial charge in [0.2, 0.25) is 5.91 Å². The Labute approximate surface area is 103 Å². The zero-order valence-corrected chi connectivity index (χ0v) is 9.92. The molecule has 0 aliphatic carbocycles.